The van der Waals surface area contributed by atoms with Crippen LogP contribution in [0.4, 0.5) is 0 Å². The second-order valence-corrected chi connectivity index (χ2v) is 5.60. The van der Waals surface area contributed by atoms with Crippen LogP contribution < -0.4 is 5.32 Å². The molecule has 0 amide bonds. The Kier molecular flexibility index (Phi) is 8.22. The van der Waals surface area contributed by atoms with Gasteiger partial charge >= 0.3 is 11.9 Å². The Morgan fingerprint density at radius 1 is 0.833 bits per heavy atom. The summed E-state index contributed by atoms with van der Waals surface area (Å²) in [7, 11) is 0. The van der Waals surface area contributed by atoms with Crippen molar-refractivity contribution in [2.75, 3.05) is 0 Å². The SMILES string of the molecule is CC(C)c1ccc(CNCc2ccccc2)cc1.O=C(O)C(=O)O. The van der Waals surface area contributed by atoms with E-state index in [-0.39, 0.29) is 0 Å². The molecule has 0 heterocycles. The Bertz CT molecular complexity index is 624. The number of benzene rings is 2. The van der Waals surface area contributed by atoms with E-state index in [4.69, 9.17) is 19.8 Å². The molecule has 0 aliphatic heterocycles. The van der Waals surface area contributed by atoms with Gasteiger partial charge in [0.15, 0.2) is 0 Å². The first-order chi connectivity index (χ1) is 11.4. The molecule has 2 rings (SSSR count). The number of hydrogen-bond acceptors (Lipinski definition) is 3. The predicted molar refractivity (Wildman–Crippen MR) is 92.8 cm³/mol. The normalized spacial score (nSPS) is 9.96. The number of carboxylic acid groups (broad SMARTS) is 2. The van der Waals surface area contributed by atoms with Crippen LogP contribution in [0, 0.1) is 0 Å². The van der Waals surface area contributed by atoms with Crippen LogP contribution in [-0.4, -0.2) is 22.2 Å². The first-order valence-corrected chi connectivity index (χ1v) is 7.70. The van der Waals surface area contributed by atoms with Gasteiger partial charge in [0.2, 0.25) is 0 Å². The molecule has 0 fully saturated rings. The van der Waals surface area contributed by atoms with Gasteiger partial charge in [-0.25, -0.2) is 9.59 Å². The second kappa shape index (κ2) is 10.2. The zero-order valence-electron chi connectivity index (χ0n) is 13.9. The number of hydrogen-bond donors (Lipinski definition) is 3. The molecule has 0 aliphatic rings. The van der Waals surface area contributed by atoms with E-state index in [1.54, 1.807) is 0 Å². The maximum absolute atomic E-state index is 9.10. The van der Waals surface area contributed by atoms with E-state index >= 15 is 0 Å². The van der Waals surface area contributed by atoms with Gasteiger partial charge in [-0.2, -0.15) is 0 Å². The van der Waals surface area contributed by atoms with Gasteiger partial charge in [0.05, 0.1) is 0 Å². The summed E-state index contributed by atoms with van der Waals surface area (Å²) in [4.78, 5) is 18.2. The number of nitrogens with one attached hydrogen (secondary N) is 1. The first kappa shape index (κ1) is 19.4. The maximum Gasteiger partial charge on any atom is 0.414 e. The van der Waals surface area contributed by atoms with E-state index in [9.17, 15) is 0 Å². The van der Waals surface area contributed by atoms with E-state index in [1.165, 1.54) is 16.7 Å². The van der Waals surface area contributed by atoms with Crippen molar-refractivity contribution >= 4 is 11.9 Å². The molecule has 2 aromatic rings. The third-order valence-electron chi connectivity index (χ3n) is 3.33. The molecule has 5 nitrogen and oxygen atoms in total. The van der Waals surface area contributed by atoms with Gasteiger partial charge in [0.1, 0.15) is 0 Å². The molecule has 0 unspecified atom stereocenters. The molecule has 2 aromatic carbocycles. The van der Waals surface area contributed by atoms with E-state index in [0.717, 1.165) is 13.1 Å². The molecule has 0 radical (unpaired) electrons. The predicted octanol–water partition coefficient (Wildman–Crippen LogP) is 3.26. The fraction of sp³-hybridized carbons (Fsp3) is 0.263. The van der Waals surface area contributed by atoms with Crippen molar-refractivity contribution in [3.05, 3.63) is 71.3 Å². The Balaban J connectivity index is 0.000000413. The summed E-state index contributed by atoms with van der Waals surface area (Å²) in [6.07, 6.45) is 0. The van der Waals surface area contributed by atoms with Crippen LogP contribution in [0.3, 0.4) is 0 Å². The highest BCUT2D eigenvalue weighted by molar-refractivity contribution is 6.27. The van der Waals surface area contributed by atoms with Gasteiger partial charge in [-0.1, -0.05) is 68.4 Å². The number of carbonyl (C=O) groups is 2. The minimum atomic E-state index is -1.82. The van der Waals surface area contributed by atoms with Crippen LogP contribution in [0.5, 0.6) is 0 Å². The van der Waals surface area contributed by atoms with Crippen molar-refractivity contribution in [2.45, 2.75) is 32.9 Å². The lowest BCUT2D eigenvalue weighted by Gasteiger charge is -2.08. The maximum atomic E-state index is 9.10. The third kappa shape index (κ3) is 7.56. The topological polar surface area (TPSA) is 86.6 Å². The smallest absolute Gasteiger partial charge is 0.414 e. The molecule has 0 aromatic heterocycles. The minimum Gasteiger partial charge on any atom is -0.473 e. The van der Waals surface area contributed by atoms with E-state index in [0.29, 0.717) is 5.92 Å². The summed E-state index contributed by atoms with van der Waals surface area (Å²) >= 11 is 0. The Hall–Kier alpha value is -2.66. The number of carboxylic acids is 2. The molecule has 0 saturated heterocycles. The van der Waals surface area contributed by atoms with Crippen LogP contribution >= 0.6 is 0 Å². The average molecular weight is 329 g/mol. The van der Waals surface area contributed by atoms with Crippen molar-refractivity contribution in [2.24, 2.45) is 0 Å². The Morgan fingerprint density at radius 2 is 1.29 bits per heavy atom. The van der Waals surface area contributed by atoms with Gasteiger partial charge in [0.25, 0.3) is 0 Å². The van der Waals surface area contributed by atoms with Crippen LogP contribution in [-0.2, 0) is 22.7 Å². The van der Waals surface area contributed by atoms with Gasteiger partial charge in [0, 0.05) is 13.1 Å². The molecule has 0 saturated carbocycles. The molecule has 0 atom stereocenters. The lowest BCUT2D eigenvalue weighted by Crippen LogP contribution is -2.12. The lowest BCUT2D eigenvalue weighted by molar-refractivity contribution is -0.159. The molecular formula is C19H23NO4. The van der Waals surface area contributed by atoms with Crippen molar-refractivity contribution in [1.29, 1.82) is 0 Å². The van der Waals surface area contributed by atoms with E-state index in [1.807, 2.05) is 6.07 Å². The molecule has 0 bridgehead atoms. The molecule has 24 heavy (non-hydrogen) atoms. The van der Waals surface area contributed by atoms with Crippen molar-refractivity contribution in [1.82, 2.24) is 5.32 Å². The van der Waals surface area contributed by atoms with Gasteiger partial charge in [-0.15, -0.1) is 0 Å². The van der Waals surface area contributed by atoms with Gasteiger partial charge in [-0.05, 0) is 22.6 Å². The summed E-state index contributed by atoms with van der Waals surface area (Å²) < 4.78 is 0. The van der Waals surface area contributed by atoms with Crippen molar-refractivity contribution in [3.63, 3.8) is 0 Å². The fourth-order valence-corrected chi connectivity index (χ4v) is 1.97. The first-order valence-electron chi connectivity index (χ1n) is 7.70. The van der Waals surface area contributed by atoms with E-state index in [2.05, 4.69) is 67.7 Å². The standard InChI is InChI=1S/C17H21N.C2H2O4/c1-14(2)17-10-8-16(9-11-17)13-18-12-15-6-4-3-5-7-15;3-1(4)2(5)6/h3-11,14,18H,12-13H2,1-2H3;(H,3,4)(H,5,6). The highest BCUT2D eigenvalue weighted by atomic mass is 16.4. The Morgan fingerprint density at radius 3 is 1.71 bits per heavy atom. The van der Waals surface area contributed by atoms with Gasteiger partial charge in [-0.3, -0.25) is 0 Å². The van der Waals surface area contributed by atoms with Crippen molar-refractivity contribution < 1.29 is 19.8 Å². The summed E-state index contributed by atoms with van der Waals surface area (Å²) in [5.41, 5.74) is 4.08. The third-order valence-corrected chi connectivity index (χ3v) is 3.33. The molecule has 5 heteroatoms. The van der Waals surface area contributed by atoms with Crippen LogP contribution in [0.25, 0.3) is 0 Å². The molecule has 128 valence electrons. The highest BCUT2D eigenvalue weighted by Crippen LogP contribution is 2.14. The molecule has 0 spiro atoms. The quantitative estimate of drug-likeness (QED) is 0.733. The molecule has 0 aliphatic carbocycles. The average Bonchev–Trinajstić information content (AvgIpc) is 2.57. The zero-order valence-corrected chi connectivity index (χ0v) is 13.9. The largest absolute Gasteiger partial charge is 0.473 e. The number of aliphatic carboxylic acids is 2. The van der Waals surface area contributed by atoms with Crippen LogP contribution in [0.15, 0.2) is 54.6 Å². The molecular weight excluding hydrogens is 306 g/mol. The van der Waals surface area contributed by atoms with Crippen LogP contribution in [0.2, 0.25) is 0 Å². The fourth-order valence-electron chi connectivity index (χ4n) is 1.97. The van der Waals surface area contributed by atoms with Gasteiger partial charge < -0.3 is 15.5 Å². The minimum absolute atomic E-state index is 0.608. The van der Waals surface area contributed by atoms with Crippen molar-refractivity contribution in [3.8, 4) is 0 Å². The summed E-state index contributed by atoms with van der Waals surface area (Å²) in [5, 5.41) is 18.2. The summed E-state index contributed by atoms with van der Waals surface area (Å²) in [5.74, 6) is -3.04. The summed E-state index contributed by atoms with van der Waals surface area (Å²) in [6, 6.07) is 19.4. The Labute approximate surface area is 142 Å². The molecule has 3 N–H and O–H groups in total. The second-order valence-electron chi connectivity index (χ2n) is 5.60. The lowest BCUT2D eigenvalue weighted by atomic mass is 10.0. The number of rotatable bonds is 5. The summed E-state index contributed by atoms with van der Waals surface area (Å²) in [6.45, 7) is 6.30. The monoisotopic (exact) mass is 329 g/mol. The van der Waals surface area contributed by atoms with E-state index < -0.39 is 11.9 Å². The van der Waals surface area contributed by atoms with Crippen LogP contribution in [0.1, 0.15) is 36.5 Å². The highest BCUT2D eigenvalue weighted by Gasteiger charge is 2.04. The zero-order chi connectivity index (χ0) is 17.9.